The van der Waals surface area contributed by atoms with Crippen molar-refractivity contribution < 1.29 is 179 Å². The van der Waals surface area contributed by atoms with Gasteiger partial charge in [0.05, 0.1) is 46.2 Å². The number of rotatable bonds is 19. The van der Waals surface area contributed by atoms with Crippen LogP contribution in [0.4, 0.5) is 0 Å². The Labute approximate surface area is 439 Å². The lowest BCUT2D eigenvalue weighted by atomic mass is 9.95. The minimum atomic E-state index is -2.42. The van der Waals surface area contributed by atoms with E-state index in [0.29, 0.717) is 0 Å². The van der Waals surface area contributed by atoms with Crippen molar-refractivity contribution in [2.75, 3.05) is 46.2 Å². The highest BCUT2D eigenvalue weighted by molar-refractivity contribution is 5.00. The van der Waals surface area contributed by atoms with E-state index in [2.05, 4.69) is 0 Å². The van der Waals surface area contributed by atoms with Gasteiger partial charge in [-0.1, -0.05) is 0 Å². The van der Waals surface area contributed by atoms with Gasteiger partial charge >= 0.3 is 0 Å². The van der Waals surface area contributed by atoms with Gasteiger partial charge in [-0.15, -0.1) is 0 Å². The van der Waals surface area contributed by atoms with Crippen molar-refractivity contribution in [1.82, 2.24) is 0 Å². The maximum Gasteiger partial charge on any atom is 0.187 e. The minimum Gasteiger partial charge on any atom is -0.394 e. The first-order valence-electron chi connectivity index (χ1n) is 24.6. The molecule has 35 atom stereocenters. The van der Waals surface area contributed by atoms with Gasteiger partial charge in [-0.3, -0.25) is 0 Å². The Balaban J connectivity index is 1.16. The van der Waals surface area contributed by atoms with Crippen molar-refractivity contribution >= 4 is 0 Å². The molecular weight excluding hydrogens is 1080 g/mol. The van der Waals surface area contributed by atoms with Crippen LogP contribution in [0.3, 0.4) is 0 Å². The molecule has 0 aromatic heterocycles. The summed E-state index contributed by atoms with van der Waals surface area (Å²) in [4.78, 5) is 0. The molecule has 7 aliphatic heterocycles. The molecule has 0 aromatic rings. The van der Waals surface area contributed by atoms with Gasteiger partial charge in [0.2, 0.25) is 0 Å². The molecule has 7 saturated heterocycles. The smallest absolute Gasteiger partial charge is 0.187 e. The van der Waals surface area contributed by atoms with Gasteiger partial charge in [0, 0.05) is 0 Å². The lowest BCUT2D eigenvalue weighted by Gasteiger charge is -2.49. The highest BCUT2D eigenvalue weighted by Crippen LogP contribution is 2.36. The van der Waals surface area contributed by atoms with Crippen LogP contribution in [0.25, 0.3) is 0 Å². The topological polar surface area (TPSA) is 585 Å². The van der Waals surface area contributed by atoms with Gasteiger partial charge in [-0.05, 0) is 0 Å². The Morgan fingerprint density at radius 2 is 0.449 bits per heavy atom. The largest absolute Gasteiger partial charge is 0.394 e. The zero-order valence-electron chi connectivity index (χ0n) is 40.8. The molecule has 0 radical (unpaired) electrons. The number of hydrogen-bond donors (Lipinski definition) is 23. The Morgan fingerprint density at radius 3 is 0.769 bits per heavy atom. The molecule has 0 amide bonds. The predicted molar refractivity (Wildman–Crippen MR) is 232 cm³/mol. The second-order valence-electron chi connectivity index (χ2n) is 19.7. The van der Waals surface area contributed by atoms with Crippen molar-refractivity contribution in [2.24, 2.45) is 0 Å². The third kappa shape index (κ3) is 13.4. The third-order valence-corrected chi connectivity index (χ3v) is 14.5. The molecular formula is C42H72O36. The first-order valence-corrected chi connectivity index (χ1v) is 24.6. The summed E-state index contributed by atoms with van der Waals surface area (Å²) >= 11 is 0. The van der Waals surface area contributed by atoms with E-state index in [9.17, 15) is 117 Å². The van der Waals surface area contributed by atoms with E-state index in [1.165, 1.54) is 0 Å². The van der Waals surface area contributed by atoms with Gasteiger partial charge in [0.15, 0.2) is 44.0 Å². The lowest BCUT2D eigenvalue weighted by molar-refractivity contribution is -0.395. The second-order valence-corrected chi connectivity index (χ2v) is 19.7. The molecule has 456 valence electrons. The monoisotopic (exact) mass is 1150 g/mol. The number of aliphatic hydroxyl groups is 23. The predicted octanol–water partition coefficient (Wildman–Crippen LogP) is -16.3. The lowest BCUT2D eigenvalue weighted by Crippen LogP contribution is -2.68. The SMILES string of the molecule is OC[C@H]1O[C@@H](OC[C@H]2O[C@@H](O[C@@H]3[C@@H](O)[C@H](O[C@@H]4[C@@H](O)[C@H](O[C@H]5[C@H](O)[C@@H](CO)OC(O)[C@@H]5O)O[C@H](CO[C@@H]5O[C@H](CO)[C@@H](O)[C@H](O)[C@H]5O)[C@H]4O)O[C@H](CO[C@@H]4O[C@H](CO)[C@@H](O)[C@H](O)[C@H]4O)[C@H]3O)[C@H](O)[C@@H](O)[C@@H]2O)[C@H](O)[C@@H](O)[C@@H]1O. The highest BCUT2D eigenvalue weighted by atomic mass is 16.8. The molecule has 0 saturated carbocycles. The summed E-state index contributed by atoms with van der Waals surface area (Å²) in [5.41, 5.74) is 0. The normalized spacial score (nSPS) is 53.5. The Kier molecular flexibility index (Phi) is 22.6. The van der Waals surface area contributed by atoms with Gasteiger partial charge < -0.3 is 179 Å². The van der Waals surface area contributed by atoms with Crippen LogP contribution in [-0.2, 0) is 61.6 Å². The molecule has 7 heterocycles. The van der Waals surface area contributed by atoms with Crippen LogP contribution in [0, 0.1) is 0 Å². The Bertz CT molecular complexity index is 1810. The Morgan fingerprint density at radius 1 is 0.218 bits per heavy atom. The second kappa shape index (κ2) is 27.5. The summed E-state index contributed by atoms with van der Waals surface area (Å²) in [6.07, 6.45) is -69.9. The van der Waals surface area contributed by atoms with Crippen LogP contribution >= 0.6 is 0 Å². The van der Waals surface area contributed by atoms with Crippen molar-refractivity contribution in [2.45, 2.75) is 215 Å². The van der Waals surface area contributed by atoms with E-state index in [0.717, 1.165) is 0 Å². The minimum absolute atomic E-state index is 0.855. The fourth-order valence-corrected chi connectivity index (χ4v) is 9.67. The molecule has 36 heteroatoms. The summed E-state index contributed by atoms with van der Waals surface area (Å²) in [6.45, 7) is -6.44. The summed E-state index contributed by atoms with van der Waals surface area (Å²) in [5, 5.41) is 245. The quantitative estimate of drug-likeness (QED) is 0.0571. The summed E-state index contributed by atoms with van der Waals surface area (Å²) in [7, 11) is 0. The molecule has 0 spiro atoms. The molecule has 7 rings (SSSR count). The summed E-state index contributed by atoms with van der Waals surface area (Å²) in [6, 6.07) is 0. The standard InChI is InChI=1S/C42H72O36/c43-1-8-15(47)22(54)26(58)37(70-8)66-5-12-18(50)25(57)29(61)40(73-12)77-34-20(52)13(6-67-38-27(59)23(55)16(48)9(2-44)71-38)75-42(31(34)63)78-35-21(53)14(7-68-39-28(60)24(56)17(49)10(3-45)72-39)74-41(32(35)64)76-33-19(51)11(4-46)69-36(65)30(33)62/h8-65H,1-7H2/t8-,9-,10-,11-,12-,13-,14-,15-,16-,17-,18-,19-,20-,21-,22+,23+,24+,25+,26-,27-,28-,29-,30-,31-,32-,33+,34+,35+,36?,37-,38-,39-,40+,41+,42+/m1/s1. The van der Waals surface area contributed by atoms with Crippen LogP contribution < -0.4 is 0 Å². The number of ether oxygens (including phenoxy) is 13. The highest BCUT2D eigenvalue weighted by Gasteiger charge is 2.57. The average Bonchev–Trinajstić information content (AvgIpc) is 3.42. The van der Waals surface area contributed by atoms with E-state index >= 15 is 0 Å². The molecule has 7 aliphatic rings. The molecule has 0 aliphatic carbocycles. The fraction of sp³-hybridized carbons (Fsp3) is 1.00. The average molecular weight is 1150 g/mol. The first kappa shape index (κ1) is 64.1. The van der Waals surface area contributed by atoms with Crippen molar-refractivity contribution in [3.63, 3.8) is 0 Å². The van der Waals surface area contributed by atoms with Crippen molar-refractivity contribution in [3.05, 3.63) is 0 Å². The number of aliphatic hydroxyl groups excluding tert-OH is 23. The van der Waals surface area contributed by atoms with E-state index in [1.54, 1.807) is 0 Å². The van der Waals surface area contributed by atoms with Gasteiger partial charge in [0.1, 0.15) is 171 Å². The van der Waals surface area contributed by atoms with Crippen LogP contribution in [0.1, 0.15) is 0 Å². The summed E-state index contributed by atoms with van der Waals surface area (Å²) in [5.74, 6) is 0. The molecule has 0 aromatic carbocycles. The van der Waals surface area contributed by atoms with Gasteiger partial charge in [-0.25, -0.2) is 0 Å². The zero-order valence-corrected chi connectivity index (χ0v) is 40.8. The van der Waals surface area contributed by atoms with Crippen LogP contribution in [0.5, 0.6) is 0 Å². The maximum atomic E-state index is 11.9. The van der Waals surface area contributed by atoms with E-state index in [-0.39, 0.29) is 0 Å². The van der Waals surface area contributed by atoms with Crippen LogP contribution in [0.15, 0.2) is 0 Å². The molecule has 0 bridgehead atoms. The van der Waals surface area contributed by atoms with Crippen molar-refractivity contribution in [3.8, 4) is 0 Å². The van der Waals surface area contributed by atoms with Crippen LogP contribution in [-0.4, -0.2) is 379 Å². The molecule has 1 unspecified atom stereocenters. The van der Waals surface area contributed by atoms with Gasteiger partial charge in [-0.2, -0.15) is 0 Å². The Hall–Kier alpha value is -1.44. The molecule has 36 nitrogen and oxygen atoms in total. The first-order chi connectivity index (χ1) is 36.9. The molecule has 78 heavy (non-hydrogen) atoms. The maximum absolute atomic E-state index is 11.9. The van der Waals surface area contributed by atoms with Crippen molar-refractivity contribution in [1.29, 1.82) is 0 Å². The van der Waals surface area contributed by atoms with E-state index in [4.69, 9.17) is 61.6 Å². The fourth-order valence-electron chi connectivity index (χ4n) is 9.67. The molecule has 7 fully saturated rings. The summed E-state index contributed by atoms with van der Waals surface area (Å²) < 4.78 is 72.4. The zero-order chi connectivity index (χ0) is 57.3. The van der Waals surface area contributed by atoms with Crippen LogP contribution in [0.2, 0.25) is 0 Å². The van der Waals surface area contributed by atoms with E-state index < -0.39 is 261 Å². The third-order valence-electron chi connectivity index (χ3n) is 14.5. The molecule has 23 N–H and O–H groups in total. The van der Waals surface area contributed by atoms with Gasteiger partial charge in [0.25, 0.3) is 0 Å². The number of hydrogen-bond acceptors (Lipinski definition) is 36. The van der Waals surface area contributed by atoms with E-state index in [1.807, 2.05) is 0 Å².